The van der Waals surface area contributed by atoms with Gasteiger partial charge in [-0.3, -0.25) is 0 Å². The normalized spacial score (nSPS) is 43.5. The highest BCUT2D eigenvalue weighted by molar-refractivity contribution is 6.74. The molecule has 0 N–H and O–H groups in total. The van der Waals surface area contributed by atoms with E-state index < -0.39 is 8.32 Å². The number of ether oxygens (including phenoxy) is 1. The summed E-state index contributed by atoms with van der Waals surface area (Å²) in [6.45, 7) is 11.7. The first kappa shape index (κ1) is 13.1. The molecule has 3 fully saturated rings. The van der Waals surface area contributed by atoms with E-state index >= 15 is 0 Å². The smallest absolute Gasteiger partial charge is 0.192 e. The van der Waals surface area contributed by atoms with Crippen LogP contribution in [-0.2, 0) is 9.16 Å². The minimum atomic E-state index is -1.65. The van der Waals surface area contributed by atoms with Crippen LogP contribution in [0.15, 0.2) is 0 Å². The highest BCUT2D eigenvalue weighted by atomic mass is 28.4. The van der Waals surface area contributed by atoms with Gasteiger partial charge < -0.3 is 9.16 Å². The molecule has 1 heterocycles. The van der Waals surface area contributed by atoms with Crippen molar-refractivity contribution in [2.45, 2.75) is 94.7 Å². The van der Waals surface area contributed by atoms with Crippen LogP contribution in [0.2, 0.25) is 18.1 Å². The van der Waals surface area contributed by atoms with Gasteiger partial charge in [-0.05, 0) is 43.8 Å². The van der Waals surface area contributed by atoms with Crippen LogP contribution in [0.25, 0.3) is 0 Å². The Morgan fingerprint density at radius 3 is 2.44 bits per heavy atom. The molecular formula is C15H28O2Si. The lowest BCUT2D eigenvalue weighted by molar-refractivity contribution is 0.0674. The fraction of sp³-hybridized carbons (Fsp3) is 1.00. The minimum Gasteiger partial charge on any atom is -0.411 e. The average Bonchev–Trinajstić information content (AvgIpc) is 2.84. The molecule has 0 radical (unpaired) electrons. The fourth-order valence-corrected chi connectivity index (χ4v) is 5.23. The largest absolute Gasteiger partial charge is 0.411 e. The SMILES string of the molecule is CC(C)(C)[Si](C)(C)O[C@H]1CC[C@]23CCCC[C@]12O3. The molecule has 2 aliphatic carbocycles. The van der Waals surface area contributed by atoms with Crippen LogP contribution in [0.4, 0.5) is 0 Å². The van der Waals surface area contributed by atoms with E-state index in [1.165, 1.54) is 38.5 Å². The lowest BCUT2D eigenvalue weighted by atomic mass is 9.81. The third-order valence-electron chi connectivity index (χ3n) is 6.06. The monoisotopic (exact) mass is 268 g/mol. The summed E-state index contributed by atoms with van der Waals surface area (Å²) in [6, 6.07) is 0. The minimum absolute atomic E-state index is 0.140. The first-order valence-corrected chi connectivity index (χ1v) is 10.5. The van der Waals surface area contributed by atoms with Gasteiger partial charge in [0.15, 0.2) is 8.32 Å². The van der Waals surface area contributed by atoms with Gasteiger partial charge >= 0.3 is 0 Å². The van der Waals surface area contributed by atoms with E-state index in [0.717, 1.165) is 0 Å². The van der Waals surface area contributed by atoms with Crippen molar-refractivity contribution in [1.29, 1.82) is 0 Å². The molecular weight excluding hydrogens is 240 g/mol. The van der Waals surface area contributed by atoms with Gasteiger partial charge in [-0.25, -0.2) is 0 Å². The van der Waals surface area contributed by atoms with Gasteiger partial charge in [0.2, 0.25) is 0 Å². The lowest BCUT2D eigenvalue weighted by Crippen LogP contribution is -2.48. The van der Waals surface area contributed by atoms with Gasteiger partial charge in [-0.2, -0.15) is 0 Å². The van der Waals surface area contributed by atoms with Crippen LogP contribution in [-0.4, -0.2) is 25.6 Å². The zero-order valence-corrected chi connectivity index (χ0v) is 13.6. The summed E-state index contributed by atoms with van der Waals surface area (Å²) in [5.41, 5.74) is 0.388. The molecule has 3 atom stereocenters. The van der Waals surface area contributed by atoms with Crippen molar-refractivity contribution in [2.24, 2.45) is 0 Å². The molecule has 1 aliphatic heterocycles. The van der Waals surface area contributed by atoms with Crippen LogP contribution in [0.5, 0.6) is 0 Å². The standard InChI is InChI=1S/C15H28O2Si/c1-13(2,3)18(4,5)16-12-8-11-14-9-6-7-10-15(12,14)17-14/h12H,6-11H2,1-5H3/t12-,14+,15-/m0/s1. The van der Waals surface area contributed by atoms with Gasteiger partial charge in [0.25, 0.3) is 0 Å². The Morgan fingerprint density at radius 2 is 1.78 bits per heavy atom. The average molecular weight is 268 g/mol. The summed E-state index contributed by atoms with van der Waals surface area (Å²) in [5, 5.41) is 0.304. The Labute approximate surface area is 113 Å². The maximum Gasteiger partial charge on any atom is 0.192 e. The van der Waals surface area contributed by atoms with E-state index in [9.17, 15) is 0 Å². The quantitative estimate of drug-likeness (QED) is 0.551. The molecule has 0 aromatic carbocycles. The van der Waals surface area contributed by atoms with Crippen molar-refractivity contribution in [3.8, 4) is 0 Å². The van der Waals surface area contributed by atoms with Crippen LogP contribution in [0.1, 0.15) is 59.3 Å². The molecule has 3 aliphatic rings. The van der Waals surface area contributed by atoms with Gasteiger partial charge in [0, 0.05) is 0 Å². The number of rotatable bonds is 2. The predicted octanol–water partition coefficient (Wildman–Crippen LogP) is 4.25. The van der Waals surface area contributed by atoms with Gasteiger partial charge in [0.1, 0.15) is 11.2 Å². The van der Waals surface area contributed by atoms with Crippen LogP contribution < -0.4 is 0 Å². The molecule has 0 spiro atoms. The van der Waals surface area contributed by atoms with Crippen LogP contribution in [0.3, 0.4) is 0 Å². The number of epoxide rings is 1. The molecule has 0 unspecified atom stereocenters. The number of hydrogen-bond donors (Lipinski definition) is 0. The Hall–Kier alpha value is 0.137. The van der Waals surface area contributed by atoms with Crippen LogP contribution >= 0.6 is 0 Å². The zero-order chi connectivity index (χ0) is 13.2. The molecule has 3 rings (SSSR count). The van der Waals surface area contributed by atoms with Crippen molar-refractivity contribution >= 4 is 8.32 Å². The topological polar surface area (TPSA) is 21.8 Å². The Morgan fingerprint density at radius 1 is 1.11 bits per heavy atom. The van der Waals surface area contributed by atoms with E-state index in [-0.39, 0.29) is 11.2 Å². The molecule has 0 aromatic rings. The van der Waals surface area contributed by atoms with E-state index in [1.807, 2.05) is 0 Å². The van der Waals surface area contributed by atoms with E-state index in [0.29, 0.717) is 11.1 Å². The van der Waals surface area contributed by atoms with Crippen LogP contribution in [0, 0.1) is 0 Å². The van der Waals surface area contributed by atoms with E-state index in [1.54, 1.807) is 0 Å². The predicted molar refractivity (Wildman–Crippen MR) is 76.3 cm³/mol. The zero-order valence-electron chi connectivity index (χ0n) is 12.6. The molecule has 0 amide bonds. The Bertz CT molecular complexity index is 356. The highest BCUT2D eigenvalue weighted by Gasteiger charge is 2.77. The summed E-state index contributed by atoms with van der Waals surface area (Å²) >= 11 is 0. The molecule has 0 aromatic heterocycles. The summed E-state index contributed by atoms with van der Waals surface area (Å²) in [4.78, 5) is 0. The van der Waals surface area contributed by atoms with Crippen molar-refractivity contribution in [3.05, 3.63) is 0 Å². The third-order valence-corrected chi connectivity index (χ3v) is 10.5. The first-order valence-electron chi connectivity index (χ1n) is 7.61. The van der Waals surface area contributed by atoms with Crippen molar-refractivity contribution in [1.82, 2.24) is 0 Å². The van der Waals surface area contributed by atoms with Gasteiger partial charge in [-0.1, -0.05) is 33.6 Å². The highest BCUT2D eigenvalue weighted by Crippen LogP contribution is 2.67. The van der Waals surface area contributed by atoms with Gasteiger partial charge in [0.05, 0.1) is 6.10 Å². The Kier molecular flexibility index (Phi) is 2.64. The molecule has 3 heteroatoms. The summed E-state index contributed by atoms with van der Waals surface area (Å²) in [7, 11) is -1.65. The molecule has 1 saturated heterocycles. The summed E-state index contributed by atoms with van der Waals surface area (Å²) < 4.78 is 12.9. The first-order chi connectivity index (χ1) is 8.23. The second-order valence-corrected chi connectivity index (χ2v) is 12.9. The second-order valence-electron chi connectivity index (χ2n) is 8.10. The molecule has 18 heavy (non-hydrogen) atoms. The fourth-order valence-electron chi connectivity index (χ4n) is 3.85. The lowest BCUT2D eigenvalue weighted by Gasteiger charge is -2.40. The molecule has 0 bridgehead atoms. The number of hydrogen-bond acceptors (Lipinski definition) is 2. The Balaban J connectivity index is 1.76. The third kappa shape index (κ3) is 1.60. The second kappa shape index (κ2) is 3.61. The summed E-state index contributed by atoms with van der Waals surface area (Å²) in [6.07, 6.45) is 8.07. The molecule has 104 valence electrons. The van der Waals surface area contributed by atoms with Crippen molar-refractivity contribution in [3.63, 3.8) is 0 Å². The van der Waals surface area contributed by atoms with Crippen molar-refractivity contribution in [2.75, 3.05) is 0 Å². The summed E-state index contributed by atoms with van der Waals surface area (Å²) in [5.74, 6) is 0. The molecule has 2 saturated carbocycles. The maximum absolute atomic E-state index is 6.69. The van der Waals surface area contributed by atoms with E-state index in [2.05, 4.69) is 33.9 Å². The van der Waals surface area contributed by atoms with E-state index in [4.69, 9.17) is 9.16 Å². The van der Waals surface area contributed by atoms with Crippen molar-refractivity contribution < 1.29 is 9.16 Å². The maximum atomic E-state index is 6.69. The molecule has 2 nitrogen and oxygen atoms in total. The van der Waals surface area contributed by atoms with Gasteiger partial charge in [-0.15, -0.1) is 0 Å².